The topological polar surface area (TPSA) is 68.2 Å². The first-order valence-corrected chi connectivity index (χ1v) is 4.88. The van der Waals surface area contributed by atoms with E-state index < -0.39 is 7.12 Å². The van der Waals surface area contributed by atoms with Crippen molar-refractivity contribution in [1.82, 2.24) is 0 Å². The van der Waals surface area contributed by atoms with Crippen molar-refractivity contribution in [3.8, 4) is 17.2 Å². The Hall–Kier alpha value is -1.40. The van der Waals surface area contributed by atoms with Crippen molar-refractivity contribution in [2.75, 3.05) is 20.8 Å². The van der Waals surface area contributed by atoms with Crippen LogP contribution in [0.25, 0.3) is 0 Å². The van der Waals surface area contributed by atoms with Crippen LogP contribution in [0.3, 0.4) is 0 Å². The van der Waals surface area contributed by atoms with E-state index in [9.17, 15) is 10.0 Å². The van der Waals surface area contributed by atoms with E-state index in [1.807, 2.05) is 6.92 Å². The summed E-state index contributed by atoms with van der Waals surface area (Å²) in [5, 5.41) is 18.4. The lowest BCUT2D eigenvalue weighted by atomic mass is 9.78. The van der Waals surface area contributed by atoms with Gasteiger partial charge in [-0.15, -0.1) is 0 Å². The molecule has 0 aliphatic rings. The Balaban J connectivity index is 3.25. The molecule has 0 aliphatic carbocycles. The molecule has 88 valence electrons. The monoisotopic (exact) mass is 226 g/mol. The summed E-state index contributed by atoms with van der Waals surface area (Å²) < 4.78 is 15.4. The van der Waals surface area contributed by atoms with Gasteiger partial charge in [-0.25, -0.2) is 0 Å². The van der Waals surface area contributed by atoms with Gasteiger partial charge < -0.3 is 24.3 Å². The van der Waals surface area contributed by atoms with Crippen LogP contribution in [0, 0.1) is 0 Å². The molecular formula is C10H15BO5. The summed E-state index contributed by atoms with van der Waals surface area (Å²) in [5.74, 6) is 1.19. The number of rotatable bonds is 5. The highest BCUT2D eigenvalue weighted by Gasteiger charge is 2.23. The Kier molecular flexibility index (Phi) is 4.45. The standard InChI is InChI=1S/C10H15BO5/c1-4-16-7-5-8(14-2)10(11(12)13)9(6-7)15-3/h5-6,12-13H,4H2,1-3H3. The molecule has 0 amide bonds. The summed E-state index contributed by atoms with van der Waals surface area (Å²) in [6, 6.07) is 3.17. The van der Waals surface area contributed by atoms with Crippen LogP contribution in [0.4, 0.5) is 0 Å². The van der Waals surface area contributed by atoms with Crippen LogP contribution in [-0.4, -0.2) is 38.0 Å². The Morgan fingerprint density at radius 3 is 1.94 bits per heavy atom. The first-order valence-electron chi connectivity index (χ1n) is 4.88. The molecule has 0 atom stereocenters. The summed E-state index contributed by atoms with van der Waals surface area (Å²) in [4.78, 5) is 0. The summed E-state index contributed by atoms with van der Waals surface area (Å²) in [6.07, 6.45) is 0. The highest BCUT2D eigenvalue weighted by atomic mass is 16.5. The molecule has 1 aromatic rings. The van der Waals surface area contributed by atoms with E-state index in [0.717, 1.165) is 0 Å². The van der Waals surface area contributed by atoms with Crippen LogP contribution >= 0.6 is 0 Å². The lowest BCUT2D eigenvalue weighted by molar-refractivity contribution is 0.331. The largest absolute Gasteiger partial charge is 0.497 e. The highest BCUT2D eigenvalue weighted by Crippen LogP contribution is 2.25. The van der Waals surface area contributed by atoms with Gasteiger partial charge in [-0.2, -0.15) is 0 Å². The van der Waals surface area contributed by atoms with E-state index in [2.05, 4.69) is 0 Å². The average Bonchev–Trinajstić information content (AvgIpc) is 2.27. The third-order valence-corrected chi connectivity index (χ3v) is 2.09. The number of benzene rings is 1. The fourth-order valence-electron chi connectivity index (χ4n) is 1.42. The van der Waals surface area contributed by atoms with Crippen molar-refractivity contribution in [2.24, 2.45) is 0 Å². The van der Waals surface area contributed by atoms with Crippen LogP contribution in [0.15, 0.2) is 12.1 Å². The molecule has 0 saturated heterocycles. The Bertz CT molecular complexity index is 328. The van der Waals surface area contributed by atoms with Crippen molar-refractivity contribution in [1.29, 1.82) is 0 Å². The number of methoxy groups -OCH3 is 2. The van der Waals surface area contributed by atoms with E-state index in [1.165, 1.54) is 14.2 Å². The van der Waals surface area contributed by atoms with Gasteiger partial charge in [0, 0.05) is 12.1 Å². The van der Waals surface area contributed by atoms with Crippen LogP contribution in [0.1, 0.15) is 6.92 Å². The SMILES string of the molecule is CCOc1cc(OC)c(B(O)O)c(OC)c1. The zero-order valence-corrected chi connectivity index (χ0v) is 9.56. The van der Waals surface area contributed by atoms with E-state index in [1.54, 1.807) is 12.1 Å². The quantitative estimate of drug-likeness (QED) is 0.679. The fraction of sp³-hybridized carbons (Fsp3) is 0.400. The van der Waals surface area contributed by atoms with Crippen LogP contribution in [-0.2, 0) is 0 Å². The van der Waals surface area contributed by atoms with E-state index >= 15 is 0 Å². The Morgan fingerprint density at radius 2 is 1.62 bits per heavy atom. The summed E-state index contributed by atoms with van der Waals surface area (Å²) >= 11 is 0. The molecule has 0 unspecified atom stereocenters. The fourth-order valence-corrected chi connectivity index (χ4v) is 1.42. The van der Waals surface area contributed by atoms with Gasteiger partial charge in [-0.05, 0) is 6.92 Å². The van der Waals surface area contributed by atoms with Crippen molar-refractivity contribution in [3.05, 3.63) is 12.1 Å². The van der Waals surface area contributed by atoms with Gasteiger partial charge in [0.2, 0.25) is 0 Å². The first-order chi connectivity index (χ1) is 7.63. The molecule has 0 aliphatic heterocycles. The van der Waals surface area contributed by atoms with Crippen molar-refractivity contribution >= 4 is 12.6 Å². The lowest BCUT2D eigenvalue weighted by Crippen LogP contribution is -2.32. The summed E-state index contributed by atoms with van der Waals surface area (Å²) in [7, 11) is 1.23. The zero-order chi connectivity index (χ0) is 12.1. The number of hydrogen-bond donors (Lipinski definition) is 2. The zero-order valence-electron chi connectivity index (χ0n) is 9.56. The van der Waals surface area contributed by atoms with Gasteiger partial charge in [-0.1, -0.05) is 0 Å². The van der Waals surface area contributed by atoms with Crippen molar-refractivity contribution in [2.45, 2.75) is 6.92 Å². The van der Waals surface area contributed by atoms with Gasteiger partial charge in [0.05, 0.1) is 26.3 Å². The second kappa shape index (κ2) is 5.62. The molecule has 0 spiro atoms. The van der Waals surface area contributed by atoms with Crippen LogP contribution < -0.4 is 19.7 Å². The van der Waals surface area contributed by atoms with Crippen molar-refractivity contribution in [3.63, 3.8) is 0 Å². The van der Waals surface area contributed by atoms with Gasteiger partial charge in [0.1, 0.15) is 17.2 Å². The molecule has 2 N–H and O–H groups in total. The first kappa shape index (κ1) is 12.7. The minimum Gasteiger partial charge on any atom is -0.497 e. The molecule has 0 saturated carbocycles. The van der Waals surface area contributed by atoms with Gasteiger partial charge in [-0.3, -0.25) is 0 Å². The maximum atomic E-state index is 9.22. The molecule has 0 radical (unpaired) electrons. The molecule has 5 nitrogen and oxygen atoms in total. The lowest BCUT2D eigenvalue weighted by Gasteiger charge is -2.14. The predicted octanol–water partition coefficient (Wildman–Crippen LogP) is -0.218. The molecule has 6 heteroatoms. The maximum Gasteiger partial charge on any atom is 0.496 e. The van der Waals surface area contributed by atoms with Crippen LogP contribution in [0.2, 0.25) is 0 Å². The molecular weight excluding hydrogens is 211 g/mol. The molecule has 0 heterocycles. The summed E-state index contributed by atoms with van der Waals surface area (Å²) in [6.45, 7) is 2.36. The minimum atomic E-state index is -1.65. The van der Waals surface area contributed by atoms with E-state index in [-0.39, 0.29) is 5.46 Å². The van der Waals surface area contributed by atoms with Gasteiger partial charge in [0.25, 0.3) is 0 Å². The molecule has 1 rings (SSSR count). The van der Waals surface area contributed by atoms with Gasteiger partial charge in [0.15, 0.2) is 0 Å². The third-order valence-electron chi connectivity index (χ3n) is 2.09. The second-order valence-corrected chi connectivity index (χ2v) is 3.05. The second-order valence-electron chi connectivity index (χ2n) is 3.05. The molecule has 0 aromatic heterocycles. The third kappa shape index (κ3) is 2.59. The normalized spacial score (nSPS) is 9.81. The van der Waals surface area contributed by atoms with E-state index in [0.29, 0.717) is 23.9 Å². The number of hydrogen-bond acceptors (Lipinski definition) is 5. The van der Waals surface area contributed by atoms with Gasteiger partial charge >= 0.3 is 7.12 Å². The Labute approximate surface area is 94.7 Å². The number of ether oxygens (including phenoxy) is 3. The van der Waals surface area contributed by atoms with E-state index in [4.69, 9.17) is 14.2 Å². The Morgan fingerprint density at radius 1 is 1.12 bits per heavy atom. The smallest absolute Gasteiger partial charge is 0.496 e. The predicted molar refractivity (Wildman–Crippen MR) is 60.5 cm³/mol. The van der Waals surface area contributed by atoms with Crippen LogP contribution in [0.5, 0.6) is 17.2 Å². The average molecular weight is 226 g/mol. The molecule has 16 heavy (non-hydrogen) atoms. The highest BCUT2D eigenvalue weighted by molar-refractivity contribution is 6.61. The molecule has 0 fully saturated rings. The molecule has 1 aromatic carbocycles. The minimum absolute atomic E-state index is 0.188. The maximum absolute atomic E-state index is 9.22. The van der Waals surface area contributed by atoms with Crippen molar-refractivity contribution < 1.29 is 24.3 Å². The summed E-state index contributed by atoms with van der Waals surface area (Å²) in [5.41, 5.74) is 0.188. The molecule has 0 bridgehead atoms.